The molecule has 18 heavy (non-hydrogen) atoms. The van der Waals surface area contributed by atoms with Gasteiger partial charge in [0.15, 0.2) is 5.71 Å². The van der Waals surface area contributed by atoms with E-state index in [-0.39, 0.29) is 5.71 Å². The Morgan fingerprint density at radius 1 is 1.39 bits per heavy atom. The van der Waals surface area contributed by atoms with Crippen LogP contribution in [0.1, 0.15) is 18.1 Å². The van der Waals surface area contributed by atoms with Gasteiger partial charge < -0.3 is 10.5 Å². The molecule has 1 aromatic carbocycles. The van der Waals surface area contributed by atoms with E-state index in [4.69, 9.17) is 5.73 Å². The number of hydrogen-bond acceptors (Lipinski definition) is 4. The first-order chi connectivity index (χ1) is 8.67. The van der Waals surface area contributed by atoms with Gasteiger partial charge in [0.2, 0.25) is 0 Å². The Balaban J connectivity index is 3.13. The number of hydrogen-bond donors (Lipinski definition) is 1. The van der Waals surface area contributed by atoms with E-state index in [1.54, 1.807) is 0 Å². The molecule has 0 aromatic heterocycles. The topological polar surface area (TPSA) is 64.7 Å². The van der Waals surface area contributed by atoms with Gasteiger partial charge >= 0.3 is 5.97 Å². The smallest absolute Gasteiger partial charge is 0.356 e. The van der Waals surface area contributed by atoms with Crippen molar-refractivity contribution in [3.05, 3.63) is 41.6 Å². The average Bonchev–Trinajstić information content (AvgIpc) is 2.44. The first-order valence-corrected chi connectivity index (χ1v) is 5.74. The summed E-state index contributed by atoms with van der Waals surface area (Å²) in [5.41, 5.74) is 8.47. The molecule has 4 heteroatoms. The Morgan fingerprint density at radius 2 is 2.00 bits per heavy atom. The molecule has 4 nitrogen and oxygen atoms in total. The summed E-state index contributed by atoms with van der Waals surface area (Å²) in [5.74, 6) is -0.492. The maximum atomic E-state index is 11.6. The van der Waals surface area contributed by atoms with E-state index in [2.05, 4.69) is 16.7 Å². The number of ether oxygens (including phenoxy) is 1. The third-order valence-electron chi connectivity index (χ3n) is 2.70. The van der Waals surface area contributed by atoms with Crippen LogP contribution in [-0.4, -0.2) is 25.8 Å². The van der Waals surface area contributed by atoms with Crippen LogP contribution in [-0.2, 0) is 16.0 Å². The predicted molar refractivity (Wildman–Crippen MR) is 73.4 cm³/mol. The molecule has 0 radical (unpaired) electrons. The van der Waals surface area contributed by atoms with Crippen LogP contribution in [0.15, 0.2) is 35.5 Å². The summed E-state index contributed by atoms with van der Waals surface area (Å²) in [5, 5.41) is 0. The minimum absolute atomic E-state index is 0.226. The lowest BCUT2D eigenvalue weighted by molar-refractivity contribution is -0.132. The summed E-state index contributed by atoms with van der Waals surface area (Å²) in [6.07, 6.45) is 2.34. The van der Waals surface area contributed by atoms with E-state index >= 15 is 0 Å². The van der Waals surface area contributed by atoms with E-state index in [9.17, 15) is 4.79 Å². The Bertz CT molecular complexity index is 473. The number of aliphatic imine (C=N–C) groups is 1. The molecule has 0 amide bonds. The van der Waals surface area contributed by atoms with E-state index in [0.717, 1.165) is 12.0 Å². The molecule has 0 fully saturated rings. The maximum Gasteiger partial charge on any atom is 0.356 e. The van der Waals surface area contributed by atoms with Crippen molar-refractivity contribution in [2.24, 2.45) is 10.7 Å². The highest BCUT2D eigenvalue weighted by Crippen LogP contribution is 2.17. The monoisotopic (exact) mass is 246 g/mol. The number of esters is 1. The molecule has 1 aromatic rings. The maximum absolute atomic E-state index is 11.6. The number of nitrogens with two attached hydrogens (primary N) is 1. The van der Waals surface area contributed by atoms with Crippen LogP contribution in [0.3, 0.4) is 0 Å². The highest BCUT2D eigenvalue weighted by Gasteiger charge is 2.17. The fraction of sp³-hybridized carbons (Fsp3) is 0.286. The van der Waals surface area contributed by atoms with Crippen LogP contribution in [0.25, 0.3) is 5.57 Å². The third-order valence-corrected chi connectivity index (χ3v) is 2.70. The van der Waals surface area contributed by atoms with Gasteiger partial charge in [-0.15, -0.1) is 0 Å². The predicted octanol–water partition coefficient (Wildman–Crippen LogP) is 1.79. The highest BCUT2D eigenvalue weighted by atomic mass is 16.5. The molecule has 2 N–H and O–H groups in total. The van der Waals surface area contributed by atoms with Crippen LogP contribution in [0.2, 0.25) is 0 Å². The molecule has 0 aliphatic carbocycles. The Morgan fingerprint density at radius 3 is 2.39 bits per heavy atom. The summed E-state index contributed by atoms with van der Waals surface area (Å²) in [6.45, 7) is 2.09. The number of carbonyl (C=O) groups is 1. The molecule has 0 heterocycles. The fourth-order valence-electron chi connectivity index (χ4n) is 1.65. The number of nitrogens with zero attached hydrogens (tertiary/aromatic N) is 1. The number of carbonyl (C=O) groups excluding carboxylic acids is 1. The lowest BCUT2D eigenvalue weighted by atomic mass is 10.00. The molecule has 0 unspecified atom stereocenters. The summed E-state index contributed by atoms with van der Waals surface area (Å²) in [7, 11) is 2.86. The second kappa shape index (κ2) is 6.59. The summed E-state index contributed by atoms with van der Waals surface area (Å²) in [6, 6.07) is 7.85. The largest absolute Gasteiger partial charge is 0.464 e. The summed E-state index contributed by atoms with van der Waals surface area (Å²) < 4.78 is 4.69. The zero-order valence-corrected chi connectivity index (χ0v) is 10.9. The van der Waals surface area contributed by atoms with Gasteiger partial charge in [0, 0.05) is 18.8 Å². The molecular weight excluding hydrogens is 228 g/mol. The number of benzene rings is 1. The fourth-order valence-corrected chi connectivity index (χ4v) is 1.65. The first kappa shape index (κ1) is 14.0. The molecule has 0 bridgehead atoms. The van der Waals surface area contributed by atoms with Crippen molar-refractivity contribution in [2.45, 2.75) is 13.3 Å². The van der Waals surface area contributed by atoms with Gasteiger partial charge in [0.1, 0.15) is 0 Å². The molecule has 0 aliphatic rings. The van der Waals surface area contributed by atoms with Gasteiger partial charge in [0.25, 0.3) is 0 Å². The first-order valence-electron chi connectivity index (χ1n) is 5.74. The van der Waals surface area contributed by atoms with Crippen molar-refractivity contribution in [2.75, 3.05) is 14.2 Å². The van der Waals surface area contributed by atoms with Crippen LogP contribution in [0, 0.1) is 0 Å². The quantitative estimate of drug-likeness (QED) is 0.650. The number of rotatable bonds is 4. The van der Waals surface area contributed by atoms with Crippen molar-refractivity contribution in [1.82, 2.24) is 0 Å². The van der Waals surface area contributed by atoms with Crippen LogP contribution < -0.4 is 5.73 Å². The Hall–Kier alpha value is -2.10. The second-order valence-electron chi connectivity index (χ2n) is 3.69. The number of methoxy groups -OCH3 is 1. The van der Waals surface area contributed by atoms with Crippen molar-refractivity contribution in [3.63, 3.8) is 0 Å². The minimum atomic E-state index is -0.492. The lowest BCUT2D eigenvalue weighted by Gasteiger charge is -2.09. The van der Waals surface area contributed by atoms with E-state index in [1.807, 2.05) is 24.3 Å². The van der Waals surface area contributed by atoms with Gasteiger partial charge in [-0.25, -0.2) is 4.79 Å². The Labute approximate surface area is 107 Å². The number of aryl methyl sites for hydroxylation is 1. The van der Waals surface area contributed by atoms with Crippen LogP contribution in [0.4, 0.5) is 0 Å². The normalized spacial score (nSPS) is 12.4. The Kier molecular flexibility index (Phi) is 5.11. The lowest BCUT2D eigenvalue weighted by Crippen LogP contribution is -2.18. The zero-order valence-electron chi connectivity index (χ0n) is 10.9. The van der Waals surface area contributed by atoms with E-state index < -0.39 is 5.97 Å². The van der Waals surface area contributed by atoms with Gasteiger partial charge in [-0.1, -0.05) is 31.2 Å². The van der Waals surface area contributed by atoms with E-state index in [0.29, 0.717) is 5.57 Å². The summed E-state index contributed by atoms with van der Waals surface area (Å²) in [4.78, 5) is 15.5. The minimum Gasteiger partial charge on any atom is -0.464 e. The molecule has 0 aliphatic heterocycles. The molecule has 1 rings (SSSR count). The van der Waals surface area contributed by atoms with Crippen molar-refractivity contribution in [3.8, 4) is 0 Å². The van der Waals surface area contributed by atoms with Gasteiger partial charge in [-0.2, -0.15) is 0 Å². The SMILES string of the molecule is CCc1ccc(/C(=C/N)C(=NC)C(=O)OC)cc1. The molecule has 0 saturated carbocycles. The van der Waals surface area contributed by atoms with Gasteiger partial charge in [-0.3, -0.25) is 4.99 Å². The van der Waals surface area contributed by atoms with E-state index in [1.165, 1.54) is 25.9 Å². The van der Waals surface area contributed by atoms with Crippen LogP contribution >= 0.6 is 0 Å². The highest BCUT2D eigenvalue weighted by molar-refractivity contribution is 6.54. The van der Waals surface area contributed by atoms with Crippen molar-refractivity contribution < 1.29 is 9.53 Å². The molecule has 0 spiro atoms. The summed E-state index contributed by atoms with van der Waals surface area (Å²) >= 11 is 0. The van der Waals surface area contributed by atoms with Gasteiger partial charge in [0.05, 0.1) is 7.11 Å². The average molecular weight is 246 g/mol. The van der Waals surface area contributed by atoms with Crippen molar-refractivity contribution >= 4 is 17.3 Å². The molecular formula is C14H18N2O2. The van der Waals surface area contributed by atoms with Crippen LogP contribution in [0.5, 0.6) is 0 Å². The second-order valence-corrected chi connectivity index (χ2v) is 3.69. The zero-order chi connectivity index (χ0) is 13.5. The standard InChI is InChI=1S/C14H18N2O2/c1-4-10-5-7-11(8-6-10)12(9-15)13(16-2)14(17)18-3/h5-9H,4,15H2,1-3H3/b12-9-,16-13?. The molecule has 96 valence electrons. The molecule has 0 saturated heterocycles. The third kappa shape index (κ3) is 2.97. The van der Waals surface area contributed by atoms with Crippen molar-refractivity contribution in [1.29, 1.82) is 0 Å². The van der Waals surface area contributed by atoms with Gasteiger partial charge in [-0.05, 0) is 17.5 Å². The molecule has 0 atom stereocenters.